The average molecular weight is 465 g/mol. The van der Waals surface area contributed by atoms with E-state index < -0.39 is 28.0 Å². The van der Waals surface area contributed by atoms with Crippen LogP contribution in [-0.2, 0) is 19.6 Å². The Morgan fingerprint density at radius 3 is 2.29 bits per heavy atom. The van der Waals surface area contributed by atoms with E-state index in [0.29, 0.717) is 18.7 Å². The largest absolute Gasteiger partial charge is 0.444 e. The highest BCUT2D eigenvalue weighted by atomic mass is 35.5. The van der Waals surface area contributed by atoms with Crippen LogP contribution in [0.5, 0.6) is 0 Å². The maximum Gasteiger partial charge on any atom is 0.339 e. The number of carbonyl (C=O) groups is 2. The molecule has 7 nitrogen and oxygen atoms in total. The van der Waals surface area contributed by atoms with E-state index in [4.69, 9.17) is 16.3 Å². The summed E-state index contributed by atoms with van der Waals surface area (Å²) in [5, 5.41) is 0.0334. The molecule has 1 saturated heterocycles. The van der Waals surface area contributed by atoms with Gasteiger partial charge in [0.2, 0.25) is 16.1 Å². The van der Waals surface area contributed by atoms with Crippen molar-refractivity contribution in [2.75, 3.05) is 27.2 Å². The molecule has 1 atom stereocenters. The zero-order valence-corrected chi connectivity index (χ0v) is 19.0. The van der Waals surface area contributed by atoms with E-state index >= 15 is 0 Å². The maximum atomic E-state index is 13.1. The van der Waals surface area contributed by atoms with Crippen LogP contribution >= 0.6 is 11.6 Å². The first kappa shape index (κ1) is 23.2. The van der Waals surface area contributed by atoms with Crippen LogP contribution in [0.3, 0.4) is 0 Å². The fraction of sp³-hybridized carbons (Fsp3) is 0.364. The third kappa shape index (κ3) is 5.26. The minimum atomic E-state index is -3.84. The molecule has 31 heavy (non-hydrogen) atoms. The summed E-state index contributed by atoms with van der Waals surface area (Å²) in [5.74, 6) is -1.22. The van der Waals surface area contributed by atoms with Crippen molar-refractivity contribution in [2.24, 2.45) is 0 Å². The maximum absolute atomic E-state index is 13.1. The average Bonchev–Trinajstić information content (AvgIpc) is 2.78. The van der Waals surface area contributed by atoms with E-state index in [-0.39, 0.29) is 15.5 Å². The Balaban J connectivity index is 1.91. The monoisotopic (exact) mass is 464 g/mol. The number of piperidine rings is 1. The van der Waals surface area contributed by atoms with Crippen molar-refractivity contribution in [1.29, 1.82) is 0 Å². The van der Waals surface area contributed by atoms with Gasteiger partial charge in [-0.1, -0.05) is 48.4 Å². The lowest BCUT2D eigenvalue weighted by Gasteiger charge is -2.26. The summed E-state index contributed by atoms with van der Waals surface area (Å²) in [6, 6.07) is 12.6. The van der Waals surface area contributed by atoms with E-state index in [9.17, 15) is 18.0 Å². The van der Waals surface area contributed by atoms with Crippen molar-refractivity contribution >= 4 is 33.5 Å². The predicted octanol–water partition coefficient (Wildman–Crippen LogP) is 3.50. The molecule has 166 valence electrons. The highest BCUT2D eigenvalue weighted by molar-refractivity contribution is 7.89. The first-order chi connectivity index (χ1) is 14.7. The van der Waals surface area contributed by atoms with Gasteiger partial charge >= 0.3 is 5.97 Å². The molecule has 0 aromatic heterocycles. The summed E-state index contributed by atoms with van der Waals surface area (Å²) in [4.78, 5) is 26.7. The molecule has 1 fully saturated rings. The lowest BCUT2D eigenvalue weighted by atomic mass is 10.1. The number of benzene rings is 2. The van der Waals surface area contributed by atoms with E-state index in [0.717, 1.165) is 19.3 Å². The second-order valence-electron chi connectivity index (χ2n) is 7.54. The molecular weight excluding hydrogens is 440 g/mol. The first-order valence-electron chi connectivity index (χ1n) is 9.98. The van der Waals surface area contributed by atoms with Crippen molar-refractivity contribution in [3.05, 3.63) is 64.7 Å². The van der Waals surface area contributed by atoms with Crippen molar-refractivity contribution in [3.8, 4) is 0 Å². The Labute approximate surface area is 187 Å². The number of nitrogens with zero attached hydrogens (tertiary/aromatic N) is 2. The number of hydrogen-bond acceptors (Lipinski definition) is 5. The third-order valence-electron chi connectivity index (χ3n) is 5.09. The van der Waals surface area contributed by atoms with Gasteiger partial charge in [-0.15, -0.1) is 0 Å². The summed E-state index contributed by atoms with van der Waals surface area (Å²) in [6.07, 6.45) is 1.39. The first-order valence-corrected chi connectivity index (χ1v) is 11.8. The van der Waals surface area contributed by atoms with Gasteiger partial charge in [0.05, 0.1) is 10.6 Å². The second-order valence-corrected chi connectivity index (χ2v) is 9.85. The molecule has 0 bridgehead atoms. The summed E-state index contributed by atoms with van der Waals surface area (Å²) in [7, 11) is -0.706. The third-order valence-corrected chi connectivity index (χ3v) is 7.47. The van der Waals surface area contributed by atoms with Crippen LogP contribution in [0.4, 0.5) is 0 Å². The number of ether oxygens (including phenoxy) is 1. The number of rotatable bonds is 6. The molecule has 2 aromatic carbocycles. The standard InChI is InChI=1S/C22H25ClN2O5S/c1-24(2)21(26)20(16-9-5-3-6-10-16)30-22(27)17-11-12-18(23)19(15-17)31(28,29)25-13-7-4-8-14-25/h3,5-6,9-12,15,20H,4,7-8,13-14H2,1-2H3. The van der Waals surface area contributed by atoms with Gasteiger partial charge in [-0.3, -0.25) is 4.79 Å². The van der Waals surface area contributed by atoms with Crippen molar-refractivity contribution < 1.29 is 22.7 Å². The van der Waals surface area contributed by atoms with Crippen molar-refractivity contribution in [2.45, 2.75) is 30.3 Å². The van der Waals surface area contributed by atoms with Gasteiger partial charge in [-0.25, -0.2) is 13.2 Å². The van der Waals surface area contributed by atoms with E-state index in [1.54, 1.807) is 44.4 Å². The SMILES string of the molecule is CN(C)C(=O)C(OC(=O)c1ccc(Cl)c(S(=O)(=O)N2CCCCC2)c1)c1ccccc1. The fourth-order valence-electron chi connectivity index (χ4n) is 3.37. The number of hydrogen-bond donors (Lipinski definition) is 0. The van der Waals surface area contributed by atoms with Gasteiger partial charge in [-0.2, -0.15) is 4.31 Å². The zero-order chi connectivity index (χ0) is 22.6. The minimum Gasteiger partial charge on any atom is -0.444 e. The van der Waals surface area contributed by atoms with Gasteiger partial charge in [0.25, 0.3) is 5.91 Å². The van der Waals surface area contributed by atoms with Crippen LogP contribution in [-0.4, -0.2) is 56.7 Å². The summed E-state index contributed by atoms with van der Waals surface area (Å²) in [5.41, 5.74) is 0.525. The van der Waals surface area contributed by atoms with Gasteiger partial charge < -0.3 is 9.64 Å². The van der Waals surface area contributed by atoms with Gasteiger partial charge in [-0.05, 0) is 31.0 Å². The second kappa shape index (κ2) is 9.80. The summed E-state index contributed by atoms with van der Waals surface area (Å²) in [6.45, 7) is 0.835. The van der Waals surface area contributed by atoms with Gasteiger partial charge in [0.15, 0.2) is 0 Å². The molecule has 0 N–H and O–H groups in total. The fourth-order valence-corrected chi connectivity index (χ4v) is 5.39. The molecule has 0 aliphatic carbocycles. The molecule has 1 heterocycles. The van der Waals surface area contributed by atoms with E-state index in [1.807, 2.05) is 0 Å². The molecule has 3 rings (SSSR count). The molecule has 1 amide bonds. The van der Waals surface area contributed by atoms with E-state index in [1.165, 1.54) is 27.4 Å². The molecule has 1 aliphatic rings. The summed E-state index contributed by atoms with van der Waals surface area (Å²) >= 11 is 6.18. The predicted molar refractivity (Wildman–Crippen MR) is 117 cm³/mol. The highest BCUT2D eigenvalue weighted by Gasteiger charge is 2.31. The number of likely N-dealkylation sites (N-methyl/N-ethyl adjacent to an activating group) is 1. The Morgan fingerprint density at radius 1 is 1.03 bits per heavy atom. The molecule has 0 saturated carbocycles. The number of halogens is 1. The zero-order valence-electron chi connectivity index (χ0n) is 17.5. The highest BCUT2D eigenvalue weighted by Crippen LogP contribution is 2.29. The van der Waals surface area contributed by atoms with Gasteiger partial charge in [0.1, 0.15) is 4.90 Å². The molecule has 1 unspecified atom stereocenters. The Morgan fingerprint density at radius 2 is 1.68 bits per heavy atom. The van der Waals surface area contributed by atoms with E-state index in [2.05, 4.69) is 0 Å². The normalized spacial score (nSPS) is 15.8. The Bertz CT molecular complexity index is 1050. The van der Waals surface area contributed by atoms with Crippen molar-refractivity contribution in [3.63, 3.8) is 0 Å². The van der Waals surface area contributed by atoms with Crippen molar-refractivity contribution in [1.82, 2.24) is 9.21 Å². The number of amides is 1. The number of carbonyl (C=O) groups excluding carboxylic acids is 2. The smallest absolute Gasteiger partial charge is 0.339 e. The van der Waals surface area contributed by atoms with Crippen LogP contribution in [0.15, 0.2) is 53.4 Å². The minimum absolute atomic E-state index is 0.00692. The molecule has 0 spiro atoms. The summed E-state index contributed by atoms with van der Waals surface area (Å²) < 4.78 is 33.0. The number of esters is 1. The lowest BCUT2D eigenvalue weighted by Crippen LogP contribution is -2.35. The molecular formula is C22H25ClN2O5S. The van der Waals surface area contributed by atoms with Crippen LogP contribution in [0, 0.1) is 0 Å². The quantitative estimate of drug-likeness (QED) is 0.611. The molecule has 9 heteroatoms. The Kier molecular flexibility index (Phi) is 7.35. The van der Waals surface area contributed by atoms with Crippen LogP contribution < -0.4 is 0 Å². The van der Waals surface area contributed by atoms with Gasteiger partial charge in [0, 0.05) is 32.7 Å². The van der Waals surface area contributed by atoms with Crippen LogP contribution in [0.2, 0.25) is 5.02 Å². The van der Waals surface area contributed by atoms with Crippen LogP contribution in [0.25, 0.3) is 0 Å². The molecule has 2 aromatic rings. The lowest BCUT2D eigenvalue weighted by molar-refractivity contribution is -0.138. The van der Waals surface area contributed by atoms with Crippen LogP contribution in [0.1, 0.15) is 41.3 Å². The topological polar surface area (TPSA) is 84.0 Å². The Hall–Kier alpha value is -2.42. The number of sulfonamides is 1. The molecule has 1 aliphatic heterocycles. The molecule has 0 radical (unpaired) electrons.